The number of nitro benzene ring substituents is 1. The Morgan fingerprint density at radius 1 is 1.38 bits per heavy atom. The number of aromatic nitrogens is 1. The summed E-state index contributed by atoms with van der Waals surface area (Å²) in [7, 11) is 0. The van der Waals surface area contributed by atoms with Crippen LogP contribution in [0.2, 0.25) is 0 Å². The predicted octanol–water partition coefficient (Wildman–Crippen LogP) is 2.41. The third kappa shape index (κ3) is 3.11. The molecule has 1 heterocycles. The van der Waals surface area contributed by atoms with Gasteiger partial charge in [-0.3, -0.25) is 10.1 Å². The lowest BCUT2D eigenvalue weighted by molar-refractivity contribution is -0.386. The molecule has 0 radical (unpaired) electrons. The molecule has 0 aliphatic rings. The fourth-order valence-corrected chi connectivity index (χ4v) is 1.68. The van der Waals surface area contributed by atoms with Crippen molar-refractivity contribution in [2.45, 2.75) is 6.61 Å². The van der Waals surface area contributed by atoms with Gasteiger partial charge in [0.25, 0.3) is 0 Å². The number of carbonyl (C=O) groups is 1. The Morgan fingerprint density at radius 3 is 2.81 bits per heavy atom. The van der Waals surface area contributed by atoms with Crippen LogP contribution in [0.5, 0.6) is 5.75 Å². The number of halogens is 1. The van der Waals surface area contributed by atoms with Crippen molar-refractivity contribution in [2.75, 3.05) is 0 Å². The van der Waals surface area contributed by atoms with E-state index in [-0.39, 0.29) is 17.9 Å². The molecule has 0 saturated carbocycles. The van der Waals surface area contributed by atoms with Gasteiger partial charge < -0.3 is 9.84 Å². The summed E-state index contributed by atoms with van der Waals surface area (Å²) in [6.07, 6.45) is 1.29. The number of ether oxygens (including phenoxy) is 1. The van der Waals surface area contributed by atoms with E-state index in [1.54, 1.807) is 0 Å². The van der Waals surface area contributed by atoms with Crippen LogP contribution in [0.25, 0.3) is 0 Å². The van der Waals surface area contributed by atoms with Gasteiger partial charge in [-0.2, -0.15) is 0 Å². The number of nitrogens with zero attached hydrogens (tertiary/aromatic N) is 2. The summed E-state index contributed by atoms with van der Waals surface area (Å²) < 4.78 is 18.7. The second-order valence-electron chi connectivity index (χ2n) is 3.95. The first-order chi connectivity index (χ1) is 10.0. The van der Waals surface area contributed by atoms with Gasteiger partial charge in [0.05, 0.1) is 4.92 Å². The van der Waals surface area contributed by atoms with Crippen molar-refractivity contribution in [1.82, 2.24) is 4.98 Å². The number of carboxylic acid groups (broad SMARTS) is 1. The molecule has 1 aromatic carbocycles. The van der Waals surface area contributed by atoms with Crippen LogP contribution in [-0.4, -0.2) is 21.0 Å². The summed E-state index contributed by atoms with van der Waals surface area (Å²) in [6, 6.07) is 6.22. The molecule has 0 bridgehead atoms. The first kappa shape index (κ1) is 14.4. The summed E-state index contributed by atoms with van der Waals surface area (Å²) in [4.78, 5) is 24.7. The average Bonchev–Trinajstić information content (AvgIpc) is 2.45. The Bertz CT molecular complexity index is 705. The molecule has 21 heavy (non-hydrogen) atoms. The quantitative estimate of drug-likeness (QED) is 0.670. The highest BCUT2D eigenvalue weighted by Crippen LogP contribution is 2.30. The number of benzene rings is 1. The van der Waals surface area contributed by atoms with Crippen LogP contribution in [0.4, 0.5) is 10.1 Å². The molecule has 8 heteroatoms. The highest BCUT2D eigenvalue weighted by atomic mass is 19.1. The fourth-order valence-electron chi connectivity index (χ4n) is 1.68. The zero-order valence-corrected chi connectivity index (χ0v) is 10.5. The minimum atomic E-state index is -1.27. The number of hydrogen-bond donors (Lipinski definition) is 1. The second kappa shape index (κ2) is 5.95. The molecule has 0 atom stereocenters. The Balaban J connectivity index is 2.29. The van der Waals surface area contributed by atoms with E-state index in [1.807, 2.05) is 0 Å². The van der Waals surface area contributed by atoms with E-state index in [0.29, 0.717) is 0 Å². The molecule has 0 saturated heterocycles. The van der Waals surface area contributed by atoms with Gasteiger partial charge in [0.2, 0.25) is 5.75 Å². The van der Waals surface area contributed by atoms with E-state index in [9.17, 15) is 19.3 Å². The number of carboxylic acids is 1. The van der Waals surface area contributed by atoms with Crippen molar-refractivity contribution in [2.24, 2.45) is 0 Å². The number of pyridine rings is 1. The lowest BCUT2D eigenvalue weighted by atomic mass is 10.2. The highest BCUT2D eigenvalue weighted by Gasteiger charge is 2.20. The van der Waals surface area contributed by atoms with E-state index < -0.39 is 28.1 Å². The molecule has 2 rings (SSSR count). The van der Waals surface area contributed by atoms with Gasteiger partial charge in [-0.1, -0.05) is 12.1 Å². The SMILES string of the molecule is O=C(O)c1ncccc1COc1c(F)cccc1[N+](=O)[O-]. The number of aromatic carboxylic acids is 1. The smallest absolute Gasteiger partial charge is 0.354 e. The summed E-state index contributed by atoms with van der Waals surface area (Å²) >= 11 is 0. The van der Waals surface area contributed by atoms with Gasteiger partial charge in [-0.25, -0.2) is 14.2 Å². The lowest BCUT2D eigenvalue weighted by Crippen LogP contribution is -2.09. The minimum absolute atomic E-state index is 0.183. The molecule has 0 fully saturated rings. The van der Waals surface area contributed by atoms with Crippen LogP contribution < -0.4 is 4.74 Å². The molecule has 0 aliphatic heterocycles. The molecule has 2 aromatic rings. The third-order valence-electron chi connectivity index (χ3n) is 2.61. The van der Waals surface area contributed by atoms with E-state index in [4.69, 9.17) is 9.84 Å². The maximum Gasteiger partial charge on any atom is 0.354 e. The van der Waals surface area contributed by atoms with Crippen LogP contribution in [0.15, 0.2) is 36.5 Å². The minimum Gasteiger partial charge on any atom is -0.480 e. The van der Waals surface area contributed by atoms with Crippen molar-refractivity contribution in [3.8, 4) is 5.75 Å². The number of nitro groups is 1. The highest BCUT2D eigenvalue weighted by molar-refractivity contribution is 5.86. The maximum absolute atomic E-state index is 13.6. The zero-order valence-electron chi connectivity index (χ0n) is 10.5. The second-order valence-corrected chi connectivity index (χ2v) is 3.95. The number of para-hydroxylation sites is 1. The van der Waals surface area contributed by atoms with Crippen LogP contribution >= 0.6 is 0 Å². The molecule has 1 aromatic heterocycles. The van der Waals surface area contributed by atoms with Crippen molar-refractivity contribution in [3.63, 3.8) is 0 Å². The Hall–Kier alpha value is -3.03. The number of rotatable bonds is 5. The van der Waals surface area contributed by atoms with Crippen molar-refractivity contribution in [3.05, 3.63) is 63.7 Å². The van der Waals surface area contributed by atoms with Crippen LogP contribution in [0.1, 0.15) is 16.1 Å². The molecular weight excluding hydrogens is 283 g/mol. The third-order valence-corrected chi connectivity index (χ3v) is 2.61. The van der Waals surface area contributed by atoms with Gasteiger partial charge in [-0.15, -0.1) is 0 Å². The molecule has 0 unspecified atom stereocenters. The van der Waals surface area contributed by atoms with Crippen molar-refractivity contribution in [1.29, 1.82) is 0 Å². The molecule has 0 amide bonds. The van der Waals surface area contributed by atoms with Gasteiger partial charge in [-0.05, 0) is 12.1 Å². The largest absolute Gasteiger partial charge is 0.480 e. The molecular formula is C13H9FN2O5. The molecule has 108 valence electrons. The van der Waals surface area contributed by atoms with Crippen molar-refractivity contribution < 1.29 is 24.0 Å². The predicted molar refractivity (Wildman–Crippen MR) is 68.6 cm³/mol. The van der Waals surface area contributed by atoms with Crippen LogP contribution in [0.3, 0.4) is 0 Å². The summed E-state index contributed by atoms with van der Waals surface area (Å²) in [5.74, 6) is -2.70. The summed E-state index contributed by atoms with van der Waals surface area (Å²) in [6.45, 7) is -0.350. The van der Waals surface area contributed by atoms with Crippen LogP contribution in [-0.2, 0) is 6.61 Å². The topological polar surface area (TPSA) is 103 Å². The molecule has 0 spiro atoms. The molecule has 0 aliphatic carbocycles. The molecule has 1 N–H and O–H groups in total. The monoisotopic (exact) mass is 292 g/mol. The maximum atomic E-state index is 13.6. The normalized spacial score (nSPS) is 10.1. The van der Waals surface area contributed by atoms with Crippen molar-refractivity contribution >= 4 is 11.7 Å². The van der Waals surface area contributed by atoms with Gasteiger partial charge in [0.15, 0.2) is 11.5 Å². The average molecular weight is 292 g/mol. The standard InChI is InChI=1S/C13H9FN2O5/c14-9-4-1-5-10(16(19)20)12(9)21-7-8-3-2-6-15-11(8)13(17)18/h1-6H,7H2,(H,17,18). The zero-order chi connectivity index (χ0) is 15.4. The Kier molecular flexibility index (Phi) is 4.07. The van der Waals surface area contributed by atoms with E-state index >= 15 is 0 Å². The van der Waals surface area contributed by atoms with E-state index in [0.717, 1.165) is 12.1 Å². The lowest BCUT2D eigenvalue weighted by Gasteiger charge is -2.09. The first-order valence-electron chi connectivity index (χ1n) is 5.73. The van der Waals surface area contributed by atoms with Gasteiger partial charge >= 0.3 is 11.7 Å². The summed E-state index contributed by atoms with van der Waals surface area (Å²) in [5.41, 5.74) is -0.602. The van der Waals surface area contributed by atoms with Gasteiger partial charge in [0, 0.05) is 17.8 Å². The summed E-state index contributed by atoms with van der Waals surface area (Å²) in [5, 5.41) is 19.8. The Morgan fingerprint density at radius 2 is 2.14 bits per heavy atom. The Labute approximate surface area is 117 Å². The molecule has 7 nitrogen and oxygen atoms in total. The first-order valence-corrected chi connectivity index (χ1v) is 5.73. The van der Waals surface area contributed by atoms with Crippen LogP contribution in [0, 0.1) is 15.9 Å². The van der Waals surface area contributed by atoms with E-state index in [1.165, 1.54) is 24.4 Å². The van der Waals surface area contributed by atoms with E-state index in [2.05, 4.69) is 4.98 Å². The van der Waals surface area contributed by atoms with Gasteiger partial charge in [0.1, 0.15) is 6.61 Å². The fraction of sp³-hybridized carbons (Fsp3) is 0.0769. The number of hydrogen-bond acceptors (Lipinski definition) is 5.